The fourth-order valence-electron chi connectivity index (χ4n) is 3.56. The third-order valence-electron chi connectivity index (χ3n) is 5.41. The molecule has 1 aliphatic heterocycles. The Morgan fingerprint density at radius 3 is 2.41 bits per heavy atom. The number of carbonyl (C=O) groups excluding carboxylic acids is 1. The summed E-state index contributed by atoms with van der Waals surface area (Å²) in [4.78, 5) is 40.5. The highest BCUT2D eigenvalue weighted by atomic mass is 35.5. The van der Waals surface area contributed by atoms with Crippen molar-refractivity contribution in [2.45, 2.75) is 13.0 Å². The summed E-state index contributed by atoms with van der Waals surface area (Å²) in [5.41, 5.74) is 0.561. The van der Waals surface area contributed by atoms with E-state index in [9.17, 15) is 14.4 Å². The number of benzene rings is 1. The Morgan fingerprint density at radius 1 is 1.10 bits per heavy atom. The summed E-state index contributed by atoms with van der Waals surface area (Å²) in [6, 6.07) is 7.98. The zero-order valence-corrected chi connectivity index (χ0v) is 17.6. The van der Waals surface area contributed by atoms with E-state index in [1.165, 1.54) is 30.0 Å². The Balaban J connectivity index is 1.64. The fourth-order valence-corrected chi connectivity index (χ4v) is 3.85. The van der Waals surface area contributed by atoms with Crippen molar-refractivity contribution < 1.29 is 4.79 Å². The van der Waals surface area contributed by atoms with Gasteiger partial charge in [-0.05, 0) is 24.6 Å². The number of amides is 1. The van der Waals surface area contributed by atoms with E-state index >= 15 is 0 Å². The van der Waals surface area contributed by atoms with Crippen LogP contribution in [0.5, 0.6) is 0 Å². The van der Waals surface area contributed by atoms with Crippen LogP contribution in [0, 0.1) is 0 Å². The summed E-state index contributed by atoms with van der Waals surface area (Å²) in [7, 11) is 2.99. The maximum absolute atomic E-state index is 12.5. The summed E-state index contributed by atoms with van der Waals surface area (Å²) in [6.45, 7) is 4.81. The molecule has 1 aromatic carbocycles. The van der Waals surface area contributed by atoms with Crippen molar-refractivity contribution in [1.82, 2.24) is 18.9 Å². The van der Waals surface area contributed by atoms with Crippen LogP contribution in [0.4, 0.5) is 0 Å². The van der Waals surface area contributed by atoms with Gasteiger partial charge in [-0.15, -0.1) is 0 Å². The van der Waals surface area contributed by atoms with E-state index in [0.29, 0.717) is 18.7 Å². The van der Waals surface area contributed by atoms with E-state index in [2.05, 4.69) is 11.8 Å². The Labute approximate surface area is 174 Å². The second-order valence-electron chi connectivity index (χ2n) is 7.23. The third kappa shape index (κ3) is 4.52. The van der Waals surface area contributed by atoms with Crippen LogP contribution in [0.25, 0.3) is 6.08 Å². The van der Waals surface area contributed by atoms with E-state index in [1.54, 1.807) is 11.9 Å². The summed E-state index contributed by atoms with van der Waals surface area (Å²) >= 11 is 6.31. The van der Waals surface area contributed by atoms with Crippen molar-refractivity contribution in [2.24, 2.45) is 14.1 Å². The van der Waals surface area contributed by atoms with E-state index < -0.39 is 11.2 Å². The molecule has 1 unspecified atom stereocenters. The van der Waals surface area contributed by atoms with Gasteiger partial charge >= 0.3 is 5.69 Å². The first-order valence-corrected chi connectivity index (χ1v) is 9.89. The molecular weight excluding hydrogens is 392 g/mol. The molecule has 0 N–H and O–H groups in total. The SMILES string of the molecule is CC(c1ccccc1Cl)N1CCN(C(=O)/C=C/c2cn(C)c(=O)n(C)c2=O)CC1. The molecule has 3 rings (SSSR count). The normalized spacial score (nSPS) is 16.3. The highest BCUT2D eigenvalue weighted by molar-refractivity contribution is 6.31. The molecule has 2 aromatic rings. The number of piperazine rings is 1. The molecule has 0 radical (unpaired) electrons. The molecule has 154 valence electrons. The first-order valence-electron chi connectivity index (χ1n) is 9.51. The number of rotatable bonds is 4. The number of aromatic nitrogens is 2. The van der Waals surface area contributed by atoms with Crippen LogP contribution >= 0.6 is 11.6 Å². The first kappa shape index (κ1) is 21.1. The Hall–Kier alpha value is -2.64. The van der Waals surface area contributed by atoms with Gasteiger partial charge < -0.3 is 9.47 Å². The predicted octanol–water partition coefficient (Wildman–Crippen LogP) is 1.66. The largest absolute Gasteiger partial charge is 0.337 e. The second kappa shape index (κ2) is 8.80. The number of nitrogens with zero attached hydrogens (tertiary/aromatic N) is 4. The number of aryl methyl sites for hydroxylation is 1. The van der Waals surface area contributed by atoms with Gasteiger partial charge in [-0.3, -0.25) is 19.1 Å². The number of carbonyl (C=O) groups is 1. The molecule has 1 amide bonds. The van der Waals surface area contributed by atoms with Crippen molar-refractivity contribution in [3.8, 4) is 0 Å². The van der Waals surface area contributed by atoms with E-state index in [-0.39, 0.29) is 11.9 Å². The van der Waals surface area contributed by atoms with Crippen molar-refractivity contribution >= 4 is 23.6 Å². The lowest BCUT2D eigenvalue weighted by atomic mass is 10.1. The average molecular weight is 417 g/mol. The molecule has 0 spiro atoms. The lowest BCUT2D eigenvalue weighted by Gasteiger charge is -2.38. The second-order valence-corrected chi connectivity index (χ2v) is 7.64. The van der Waals surface area contributed by atoms with Gasteiger partial charge in [-0.25, -0.2) is 4.79 Å². The van der Waals surface area contributed by atoms with Crippen LogP contribution < -0.4 is 11.2 Å². The Bertz CT molecular complexity index is 1050. The molecule has 0 saturated carbocycles. The molecule has 0 bridgehead atoms. The quantitative estimate of drug-likeness (QED) is 0.711. The minimum atomic E-state index is -0.421. The summed E-state index contributed by atoms with van der Waals surface area (Å²) < 4.78 is 2.35. The van der Waals surface area contributed by atoms with Crippen molar-refractivity contribution in [3.63, 3.8) is 0 Å². The molecule has 0 aliphatic carbocycles. The monoisotopic (exact) mass is 416 g/mol. The zero-order chi connectivity index (χ0) is 21.1. The van der Waals surface area contributed by atoms with Gasteiger partial charge in [0.05, 0.1) is 5.56 Å². The van der Waals surface area contributed by atoms with Gasteiger partial charge in [0.2, 0.25) is 5.91 Å². The van der Waals surface area contributed by atoms with Gasteiger partial charge in [0.25, 0.3) is 5.56 Å². The van der Waals surface area contributed by atoms with Crippen LogP contribution in [-0.4, -0.2) is 51.0 Å². The summed E-state index contributed by atoms with van der Waals surface area (Å²) in [6.07, 6.45) is 4.31. The predicted molar refractivity (Wildman–Crippen MR) is 114 cm³/mol. The van der Waals surface area contributed by atoms with Crippen LogP contribution in [-0.2, 0) is 18.9 Å². The average Bonchev–Trinajstić information content (AvgIpc) is 2.73. The molecule has 1 saturated heterocycles. The minimum Gasteiger partial charge on any atom is -0.337 e. The molecule has 1 aromatic heterocycles. The standard InChI is InChI=1S/C21H25ClN4O3/c1-15(17-6-4-5-7-18(17)22)25-10-12-26(13-11-25)19(27)9-8-16-14-23(2)21(29)24(3)20(16)28/h4-9,14-15H,10-13H2,1-3H3/b9-8+. The smallest absolute Gasteiger partial charge is 0.330 e. The number of hydrogen-bond acceptors (Lipinski definition) is 4. The molecule has 1 fully saturated rings. The van der Waals surface area contributed by atoms with Crippen LogP contribution in [0.1, 0.15) is 24.1 Å². The maximum atomic E-state index is 12.5. The lowest BCUT2D eigenvalue weighted by molar-refractivity contribution is -0.127. The van der Waals surface area contributed by atoms with E-state index in [4.69, 9.17) is 11.6 Å². The van der Waals surface area contributed by atoms with Gasteiger partial charge in [-0.2, -0.15) is 0 Å². The Kier molecular flexibility index (Phi) is 6.39. The van der Waals surface area contributed by atoms with Crippen LogP contribution in [0.2, 0.25) is 5.02 Å². The fraction of sp³-hybridized carbons (Fsp3) is 0.381. The van der Waals surface area contributed by atoms with Gasteiger partial charge in [0, 0.05) is 63.6 Å². The zero-order valence-electron chi connectivity index (χ0n) is 16.8. The lowest BCUT2D eigenvalue weighted by Crippen LogP contribution is -2.48. The minimum absolute atomic E-state index is 0.147. The van der Waals surface area contributed by atoms with Crippen molar-refractivity contribution in [3.05, 3.63) is 73.5 Å². The van der Waals surface area contributed by atoms with Gasteiger partial charge in [0.15, 0.2) is 0 Å². The highest BCUT2D eigenvalue weighted by Gasteiger charge is 2.24. The summed E-state index contributed by atoms with van der Waals surface area (Å²) in [5, 5.41) is 0.750. The van der Waals surface area contributed by atoms with Crippen molar-refractivity contribution in [1.29, 1.82) is 0 Å². The molecule has 1 aliphatic rings. The molecule has 29 heavy (non-hydrogen) atoms. The number of halogens is 1. The summed E-state index contributed by atoms with van der Waals surface area (Å²) in [5.74, 6) is -0.147. The highest BCUT2D eigenvalue weighted by Crippen LogP contribution is 2.27. The van der Waals surface area contributed by atoms with E-state index in [1.807, 2.05) is 24.3 Å². The molecular formula is C21H25ClN4O3. The molecule has 2 heterocycles. The van der Waals surface area contributed by atoms with Gasteiger partial charge in [-0.1, -0.05) is 29.8 Å². The van der Waals surface area contributed by atoms with Crippen molar-refractivity contribution in [2.75, 3.05) is 26.2 Å². The van der Waals surface area contributed by atoms with E-state index in [0.717, 1.165) is 28.2 Å². The molecule has 8 heteroatoms. The molecule has 1 atom stereocenters. The van der Waals surface area contributed by atoms with Gasteiger partial charge in [0.1, 0.15) is 0 Å². The first-order chi connectivity index (χ1) is 13.8. The topological polar surface area (TPSA) is 67.5 Å². The Morgan fingerprint density at radius 2 is 1.76 bits per heavy atom. The third-order valence-corrected chi connectivity index (χ3v) is 5.75. The van der Waals surface area contributed by atoms with Crippen LogP contribution in [0.3, 0.4) is 0 Å². The molecule has 7 nitrogen and oxygen atoms in total. The number of hydrogen-bond donors (Lipinski definition) is 0. The van der Waals surface area contributed by atoms with Crippen LogP contribution in [0.15, 0.2) is 46.1 Å². The maximum Gasteiger partial charge on any atom is 0.330 e.